The highest BCUT2D eigenvalue weighted by atomic mass is 19.4. The molecular weight excluding hydrogens is 389 g/mol. The third-order valence-corrected chi connectivity index (χ3v) is 6.02. The van der Waals surface area contributed by atoms with Gasteiger partial charge in [-0.05, 0) is 25.0 Å². The number of halogens is 3. The van der Waals surface area contributed by atoms with Crippen LogP contribution in [0.4, 0.5) is 19.0 Å². The van der Waals surface area contributed by atoms with Gasteiger partial charge in [0.15, 0.2) is 11.6 Å². The predicted molar refractivity (Wildman–Crippen MR) is 101 cm³/mol. The number of aliphatic carboxylic acids is 1. The van der Waals surface area contributed by atoms with E-state index >= 15 is 0 Å². The van der Waals surface area contributed by atoms with Gasteiger partial charge in [0.25, 0.3) is 0 Å². The zero-order valence-electron chi connectivity index (χ0n) is 16.4. The highest BCUT2D eigenvalue weighted by Gasteiger charge is 2.50. The van der Waals surface area contributed by atoms with E-state index in [1.54, 1.807) is 7.11 Å². The molecule has 1 saturated carbocycles. The second kappa shape index (κ2) is 8.74. The van der Waals surface area contributed by atoms with Gasteiger partial charge in [0.2, 0.25) is 0 Å². The lowest BCUT2D eigenvalue weighted by Gasteiger charge is -2.55. The lowest BCUT2D eigenvalue weighted by molar-refractivity contribution is -0.192. The molecule has 4 rings (SSSR count). The van der Waals surface area contributed by atoms with Crippen molar-refractivity contribution < 1.29 is 27.8 Å². The zero-order chi connectivity index (χ0) is 21.1. The van der Waals surface area contributed by atoms with Crippen LogP contribution in [-0.4, -0.2) is 73.1 Å². The minimum atomic E-state index is -5.08. The van der Waals surface area contributed by atoms with Gasteiger partial charge in [-0.3, -0.25) is 4.90 Å². The van der Waals surface area contributed by atoms with Crippen LogP contribution in [0, 0.1) is 5.41 Å². The molecule has 0 radical (unpaired) electrons. The van der Waals surface area contributed by atoms with E-state index in [1.165, 1.54) is 32.2 Å². The number of methoxy groups -OCH3 is 1. The maximum atomic E-state index is 10.6. The Labute approximate surface area is 167 Å². The summed E-state index contributed by atoms with van der Waals surface area (Å²) in [5.74, 6) is -0.890. The Bertz CT molecular complexity index is 702. The highest BCUT2D eigenvalue weighted by Crippen LogP contribution is 2.46. The number of pyridine rings is 1. The van der Waals surface area contributed by atoms with Gasteiger partial charge in [0.1, 0.15) is 0 Å². The third kappa shape index (κ3) is 4.75. The first-order valence-corrected chi connectivity index (χ1v) is 9.78. The minimum absolute atomic E-state index is 0.588. The molecule has 1 unspecified atom stereocenters. The molecule has 7 nitrogen and oxygen atoms in total. The standard InChI is InChI=1S/C17H26N4O.C2HF3O2/c1-22-14-5-4-8-18-15(14)20-9-11-21(12-10-20)16-17(13-19-16)6-2-3-7-17;3-2(4,5)1(6)7/h4-5,8,16,19H,2-3,6-7,9-13H2,1H3;(H,6,7). The molecule has 2 N–H and O–H groups in total. The number of carboxylic acid groups (broad SMARTS) is 1. The predicted octanol–water partition coefficient (Wildman–Crippen LogP) is 2.34. The van der Waals surface area contributed by atoms with E-state index in [0.29, 0.717) is 11.6 Å². The molecule has 2 saturated heterocycles. The molecule has 1 aromatic rings. The first kappa shape index (κ1) is 21.6. The number of piperazine rings is 1. The molecular formula is C19H27F3N4O3. The summed E-state index contributed by atoms with van der Waals surface area (Å²) in [4.78, 5) is 18.4. The smallest absolute Gasteiger partial charge is 0.490 e. The zero-order valence-corrected chi connectivity index (χ0v) is 16.4. The molecule has 0 aromatic carbocycles. The summed E-state index contributed by atoms with van der Waals surface area (Å²) in [6.07, 6.45) is 3.05. The number of carbonyl (C=O) groups is 1. The fourth-order valence-electron chi connectivity index (χ4n) is 4.50. The Morgan fingerprint density at radius 3 is 2.38 bits per heavy atom. The fraction of sp³-hybridized carbons (Fsp3) is 0.684. The molecule has 3 heterocycles. The van der Waals surface area contributed by atoms with Gasteiger partial charge < -0.3 is 20.1 Å². The van der Waals surface area contributed by atoms with E-state index in [1.807, 2.05) is 18.3 Å². The summed E-state index contributed by atoms with van der Waals surface area (Å²) in [7, 11) is 1.72. The molecule has 2 aliphatic heterocycles. The van der Waals surface area contributed by atoms with Crippen molar-refractivity contribution in [2.75, 3.05) is 44.7 Å². The molecule has 29 heavy (non-hydrogen) atoms. The Morgan fingerprint density at radius 2 is 1.90 bits per heavy atom. The fourth-order valence-corrected chi connectivity index (χ4v) is 4.50. The molecule has 1 atom stereocenters. The van der Waals surface area contributed by atoms with Crippen molar-refractivity contribution in [3.8, 4) is 5.75 Å². The van der Waals surface area contributed by atoms with Crippen LogP contribution in [-0.2, 0) is 4.79 Å². The van der Waals surface area contributed by atoms with E-state index < -0.39 is 12.1 Å². The van der Waals surface area contributed by atoms with E-state index in [4.69, 9.17) is 14.6 Å². The van der Waals surface area contributed by atoms with Crippen LogP contribution in [0.5, 0.6) is 5.75 Å². The molecule has 1 aliphatic carbocycles. The Morgan fingerprint density at radius 1 is 1.28 bits per heavy atom. The van der Waals surface area contributed by atoms with E-state index in [2.05, 4.69) is 20.1 Å². The molecule has 1 aromatic heterocycles. The summed E-state index contributed by atoms with van der Waals surface area (Å²) < 4.78 is 37.2. The normalized spacial score (nSPS) is 23.9. The number of hydrogen-bond donors (Lipinski definition) is 2. The van der Waals surface area contributed by atoms with E-state index in [9.17, 15) is 13.2 Å². The van der Waals surface area contributed by atoms with Crippen LogP contribution in [0.25, 0.3) is 0 Å². The van der Waals surface area contributed by atoms with Crippen molar-refractivity contribution in [1.29, 1.82) is 0 Å². The number of nitrogens with one attached hydrogen (secondary N) is 1. The molecule has 162 valence electrons. The maximum absolute atomic E-state index is 10.6. The van der Waals surface area contributed by atoms with Crippen molar-refractivity contribution in [3.63, 3.8) is 0 Å². The Hall–Kier alpha value is -2.07. The number of alkyl halides is 3. The van der Waals surface area contributed by atoms with Crippen LogP contribution in [0.15, 0.2) is 18.3 Å². The van der Waals surface area contributed by atoms with Gasteiger partial charge in [-0.15, -0.1) is 0 Å². The lowest BCUT2D eigenvalue weighted by atomic mass is 9.75. The van der Waals surface area contributed by atoms with Crippen molar-refractivity contribution in [2.24, 2.45) is 5.41 Å². The highest BCUT2D eigenvalue weighted by molar-refractivity contribution is 5.73. The number of rotatable bonds is 3. The number of anilines is 1. The second-order valence-electron chi connectivity index (χ2n) is 7.71. The molecule has 3 fully saturated rings. The van der Waals surface area contributed by atoms with Crippen molar-refractivity contribution in [3.05, 3.63) is 18.3 Å². The first-order chi connectivity index (χ1) is 13.8. The molecule has 3 aliphatic rings. The average molecular weight is 416 g/mol. The summed E-state index contributed by atoms with van der Waals surface area (Å²) in [6, 6.07) is 3.93. The van der Waals surface area contributed by atoms with Gasteiger partial charge >= 0.3 is 12.1 Å². The first-order valence-electron chi connectivity index (χ1n) is 9.78. The summed E-state index contributed by atoms with van der Waals surface area (Å²) >= 11 is 0. The Kier molecular flexibility index (Phi) is 6.52. The van der Waals surface area contributed by atoms with Crippen LogP contribution in [0.3, 0.4) is 0 Å². The van der Waals surface area contributed by atoms with Crippen molar-refractivity contribution in [2.45, 2.75) is 38.0 Å². The average Bonchev–Trinajstić information content (AvgIpc) is 3.20. The van der Waals surface area contributed by atoms with Gasteiger partial charge in [0, 0.05) is 44.3 Å². The molecule has 0 amide bonds. The van der Waals surface area contributed by atoms with Gasteiger partial charge in [-0.25, -0.2) is 9.78 Å². The molecule has 1 spiro atoms. The van der Waals surface area contributed by atoms with Gasteiger partial charge in [-0.1, -0.05) is 12.8 Å². The summed E-state index contributed by atoms with van der Waals surface area (Å²) in [5.41, 5.74) is 0.588. The van der Waals surface area contributed by atoms with Gasteiger partial charge in [0.05, 0.1) is 13.3 Å². The van der Waals surface area contributed by atoms with Crippen LogP contribution in [0.1, 0.15) is 25.7 Å². The van der Waals surface area contributed by atoms with E-state index in [0.717, 1.165) is 37.7 Å². The van der Waals surface area contributed by atoms with Crippen molar-refractivity contribution in [1.82, 2.24) is 15.2 Å². The summed E-state index contributed by atoms with van der Waals surface area (Å²) in [6.45, 7) is 5.51. The van der Waals surface area contributed by atoms with Crippen LogP contribution in [0.2, 0.25) is 0 Å². The van der Waals surface area contributed by atoms with E-state index in [-0.39, 0.29) is 0 Å². The summed E-state index contributed by atoms with van der Waals surface area (Å²) in [5, 5.41) is 10.8. The van der Waals surface area contributed by atoms with Crippen molar-refractivity contribution >= 4 is 11.8 Å². The maximum Gasteiger partial charge on any atom is 0.490 e. The topological polar surface area (TPSA) is 77.9 Å². The molecule has 10 heteroatoms. The number of nitrogens with zero attached hydrogens (tertiary/aromatic N) is 3. The largest absolute Gasteiger partial charge is 0.493 e. The number of ether oxygens (including phenoxy) is 1. The number of carboxylic acids is 1. The SMILES string of the molecule is COc1cccnc1N1CCN(C2NCC23CCCC3)CC1.O=C(O)C(F)(F)F. The third-order valence-electron chi connectivity index (χ3n) is 6.02. The van der Waals surface area contributed by atoms with Crippen LogP contribution >= 0.6 is 0 Å². The lowest BCUT2D eigenvalue weighted by Crippen LogP contribution is -2.70. The number of hydrogen-bond acceptors (Lipinski definition) is 6. The quantitative estimate of drug-likeness (QED) is 0.783. The monoisotopic (exact) mass is 416 g/mol. The minimum Gasteiger partial charge on any atom is -0.493 e. The Balaban J connectivity index is 0.000000298. The molecule has 0 bridgehead atoms. The number of aromatic nitrogens is 1. The van der Waals surface area contributed by atoms with Gasteiger partial charge in [-0.2, -0.15) is 13.2 Å². The second-order valence-corrected chi connectivity index (χ2v) is 7.71. The van der Waals surface area contributed by atoms with Crippen LogP contribution < -0.4 is 15.0 Å².